The van der Waals surface area contributed by atoms with Crippen LogP contribution >= 0.6 is 0 Å². The Labute approximate surface area is 280 Å². The van der Waals surface area contributed by atoms with Crippen molar-refractivity contribution < 1.29 is 73.6 Å². The predicted octanol–water partition coefficient (Wildman–Crippen LogP) is 5.32. The van der Waals surface area contributed by atoms with Gasteiger partial charge in [0.15, 0.2) is 0 Å². The number of carbonyl (C=O) groups is 3. The fourth-order valence-corrected chi connectivity index (χ4v) is 4.11. The molecule has 1 aliphatic heterocycles. The molecular formula is C29H26F10N6O6. The Balaban J connectivity index is 0.000000352. The lowest BCUT2D eigenvalue weighted by atomic mass is 10.1. The second kappa shape index (κ2) is 17.5. The quantitative estimate of drug-likeness (QED) is 0.232. The third-order valence-electron chi connectivity index (χ3n) is 6.53. The van der Waals surface area contributed by atoms with Crippen LogP contribution in [0.15, 0.2) is 67.1 Å². The first-order valence-electron chi connectivity index (χ1n) is 13.8. The van der Waals surface area contributed by atoms with Crippen LogP contribution in [0.5, 0.6) is 0 Å². The van der Waals surface area contributed by atoms with Crippen molar-refractivity contribution in [2.24, 2.45) is 0 Å². The lowest BCUT2D eigenvalue weighted by Crippen LogP contribution is -2.46. The van der Waals surface area contributed by atoms with Crippen molar-refractivity contribution in [1.82, 2.24) is 29.6 Å². The molecule has 0 amide bonds. The lowest BCUT2D eigenvalue weighted by Gasteiger charge is -2.38. The molecule has 0 aliphatic carbocycles. The summed E-state index contributed by atoms with van der Waals surface area (Å²) in [6.45, 7) is 3.77. The van der Waals surface area contributed by atoms with Crippen molar-refractivity contribution in [3.63, 3.8) is 0 Å². The highest BCUT2D eigenvalue weighted by Gasteiger charge is 2.39. The number of likely N-dealkylation sites (N-methyl/N-ethyl adjacent to an activating group) is 1. The first kappa shape index (κ1) is 41.8. The van der Waals surface area contributed by atoms with Crippen LogP contribution in [0, 0.1) is 5.82 Å². The Morgan fingerprint density at radius 3 is 1.80 bits per heavy atom. The molecule has 4 heterocycles. The fraction of sp³-hybridized carbons (Fsp3) is 0.310. The van der Waals surface area contributed by atoms with Gasteiger partial charge in [-0.2, -0.15) is 39.5 Å². The largest absolute Gasteiger partial charge is 0.490 e. The summed E-state index contributed by atoms with van der Waals surface area (Å²) in [6.07, 6.45) is -9.66. The van der Waals surface area contributed by atoms with Crippen LogP contribution in [0.2, 0.25) is 0 Å². The molecule has 22 heteroatoms. The summed E-state index contributed by atoms with van der Waals surface area (Å²) in [7, 11) is 2.14. The van der Waals surface area contributed by atoms with Gasteiger partial charge in [-0.05, 0) is 48.5 Å². The molecule has 1 atom stereocenters. The van der Waals surface area contributed by atoms with Crippen LogP contribution in [-0.2, 0) is 20.9 Å². The number of piperazine rings is 1. The van der Waals surface area contributed by atoms with Crippen molar-refractivity contribution in [2.75, 3.05) is 26.7 Å². The smallest absolute Gasteiger partial charge is 0.475 e. The second-order valence-electron chi connectivity index (χ2n) is 10.2. The van der Waals surface area contributed by atoms with Crippen molar-refractivity contribution in [3.05, 3.63) is 84.2 Å². The van der Waals surface area contributed by atoms with E-state index in [9.17, 15) is 43.9 Å². The highest BCUT2D eigenvalue weighted by Crippen LogP contribution is 2.28. The molecule has 1 fully saturated rings. The van der Waals surface area contributed by atoms with Crippen LogP contribution in [0.4, 0.5) is 43.9 Å². The number of aromatic nitrogens is 4. The van der Waals surface area contributed by atoms with Gasteiger partial charge in [0, 0.05) is 50.3 Å². The number of hydrogen-bond acceptors (Lipinski definition) is 8. The number of alkyl halides is 9. The Morgan fingerprint density at radius 2 is 1.31 bits per heavy atom. The number of fused-ring (bicyclic) bond motifs is 1. The molecule has 0 spiro atoms. The molecule has 51 heavy (non-hydrogen) atoms. The van der Waals surface area contributed by atoms with Crippen LogP contribution in [0.3, 0.4) is 0 Å². The minimum absolute atomic E-state index is 0.165. The van der Waals surface area contributed by atoms with E-state index in [0.717, 1.165) is 48.5 Å². The van der Waals surface area contributed by atoms with Gasteiger partial charge in [0.2, 0.25) is 0 Å². The van der Waals surface area contributed by atoms with Gasteiger partial charge in [-0.1, -0.05) is 23.4 Å². The summed E-state index contributed by atoms with van der Waals surface area (Å²) in [5, 5.41) is 30.3. The van der Waals surface area contributed by atoms with Gasteiger partial charge in [0.05, 0.1) is 11.6 Å². The number of nitrogens with zero attached hydrogens (tertiary/aromatic N) is 6. The number of carboxylic acids is 3. The SMILES string of the molecule is CN1CCN(Cc2ccncc2)CC1c1nnn2cc(-c3cccc(F)c3)ccc12.O=C(O)C(F)(F)F.O=C(O)C(F)(F)F.O=C(O)C(F)(F)F. The third kappa shape index (κ3) is 13.5. The maximum Gasteiger partial charge on any atom is 0.490 e. The number of halogens is 10. The van der Waals surface area contributed by atoms with Gasteiger partial charge in [-0.25, -0.2) is 23.3 Å². The van der Waals surface area contributed by atoms with Gasteiger partial charge in [0.1, 0.15) is 11.5 Å². The molecule has 12 nitrogen and oxygen atoms in total. The number of rotatable bonds is 4. The molecule has 1 aliphatic rings. The number of hydrogen-bond donors (Lipinski definition) is 3. The molecule has 3 aromatic heterocycles. The molecule has 1 saturated heterocycles. The third-order valence-corrected chi connectivity index (χ3v) is 6.53. The first-order chi connectivity index (χ1) is 23.5. The first-order valence-corrected chi connectivity index (χ1v) is 13.8. The van der Waals surface area contributed by atoms with E-state index < -0.39 is 36.4 Å². The minimum atomic E-state index is -5.08. The van der Waals surface area contributed by atoms with E-state index in [1.807, 2.05) is 36.8 Å². The van der Waals surface area contributed by atoms with E-state index in [4.69, 9.17) is 29.7 Å². The van der Waals surface area contributed by atoms with Gasteiger partial charge in [-0.3, -0.25) is 14.8 Å². The summed E-state index contributed by atoms with van der Waals surface area (Å²) >= 11 is 0. The Morgan fingerprint density at radius 1 is 0.784 bits per heavy atom. The average molecular weight is 745 g/mol. The Hall–Kier alpha value is -5.38. The molecule has 0 saturated carbocycles. The van der Waals surface area contributed by atoms with E-state index in [1.54, 1.807) is 10.6 Å². The Bertz CT molecular complexity index is 1710. The molecule has 0 bridgehead atoms. The van der Waals surface area contributed by atoms with Gasteiger partial charge < -0.3 is 15.3 Å². The molecule has 1 unspecified atom stereocenters. The fourth-order valence-electron chi connectivity index (χ4n) is 4.11. The average Bonchev–Trinajstić information content (AvgIpc) is 3.45. The van der Waals surface area contributed by atoms with Crippen LogP contribution in [0.25, 0.3) is 16.6 Å². The molecule has 4 aromatic rings. The van der Waals surface area contributed by atoms with Crippen molar-refractivity contribution in [2.45, 2.75) is 31.1 Å². The molecule has 3 N–H and O–H groups in total. The number of pyridine rings is 2. The van der Waals surface area contributed by atoms with E-state index in [2.05, 4.69) is 44.3 Å². The zero-order valence-corrected chi connectivity index (χ0v) is 25.8. The summed E-state index contributed by atoms with van der Waals surface area (Å²) in [6, 6.07) is 14.9. The maximum absolute atomic E-state index is 13.6. The highest BCUT2D eigenvalue weighted by molar-refractivity contribution is 5.73. The summed E-state index contributed by atoms with van der Waals surface area (Å²) in [5.74, 6) is -8.52. The van der Waals surface area contributed by atoms with Crippen LogP contribution < -0.4 is 0 Å². The number of benzene rings is 1. The Kier molecular flexibility index (Phi) is 14.4. The highest BCUT2D eigenvalue weighted by atomic mass is 19.4. The standard InChI is InChI=1S/C23H23FN6.3C2HF3O2/c1-28-11-12-29(14-17-7-9-25-10-8-17)16-22(28)23-21-6-5-19(15-30(21)27-26-23)18-3-2-4-20(24)13-18;3*3-2(4,5)1(6)7/h2-10,13,15,22H,11-12,14,16H2,1H3;3*(H,6,7). The zero-order chi connectivity index (χ0) is 38.7. The monoisotopic (exact) mass is 744 g/mol. The minimum Gasteiger partial charge on any atom is -0.475 e. The van der Waals surface area contributed by atoms with E-state index >= 15 is 0 Å². The predicted molar refractivity (Wildman–Crippen MR) is 154 cm³/mol. The topological polar surface area (TPSA) is 161 Å². The normalized spacial score (nSPS) is 15.3. The number of aliphatic carboxylic acids is 3. The van der Waals surface area contributed by atoms with E-state index in [0.29, 0.717) is 0 Å². The molecule has 1 aromatic carbocycles. The van der Waals surface area contributed by atoms with E-state index in [-0.39, 0.29) is 11.9 Å². The maximum atomic E-state index is 13.6. The molecule has 5 rings (SSSR count). The van der Waals surface area contributed by atoms with Gasteiger partial charge >= 0.3 is 36.4 Å². The molecule has 278 valence electrons. The van der Waals surface area contributed by atoms with Crippen molar-refractivity contribution in [3.8, 4) is 11.1 Å². The summed E-state index contributed by atoms with van der Waals surface area (Å²) in [5.41, 5.74) is 4.96. The van der Waals surface area contributed by atoms with E-state index in [1.165, 1.54) is 17.7 Å². The van der Waals surface area contributed by atoms with Crippen molar-refractivity contribution >= 4 is 23.4 Å². The second-order valence-corrected chi connectivity index (χ2v) is 10.2. The van der Waals surface area contributed by atoms with Crippen molar-refractivity contribution in [1.29, 1.82) is 0 Å². The summed E-state index contributed by atoms with van der Waals surface area (Å²) < 4.78 is 111. The van der Waals surface area contributed by atoms with Gasteiger partial charge in [-0.15, -0.1) is 5.10 Å². The number of carboxylic acid groups (broad SMARTS) is 3. The summed E-state index contributed by atoms with van der Waals surface area (Å²) in [4.78, 5) is 35.6. The van der Waals surface area contributed by atoms with Crippen LogP contribution in [0.1, 0.15) is 17.3 Å². The van der Waals surface area contributed by atoms with Crippen LogP contribution in [-0.4, -0.2) is 108 Å². The molecular weight excluding hydrogens is 718 g/mol. The lowest BCUT2D eigenvalue weighted by molar-refractivity contribution is -0.193. The molecule has 0 radical (unpaired) electrons. The zero-order valence-electron chi connectivity index (χ0n) is 25.8. The van der Waals surface area contributed by atoms with Gasteiger partial charge in [0.25, 0.3) is 0 Å².